The van der Waals surface area contributed by atoms with Crippen molar-refractivity contribution in [1.29, 1.82) is 0 Å². The van der Waals surface area contributed by atoms with Crippen molar-refractivity contribution in [2.24, 2.45) is 0 Å². The zero-order valence-electron chi connectivity index (χ0n) is 17.6. The number of carbonyl (C=O) groups excluding carboxylic acids is 1. The van der Waals surface area contributed by atoms with E-state index in [1.165, 1.54) is 11.3 Å². The third kappa shape index (κ3) is 4.84. The summed E-state index contributed by atoms with van der Waals surface area (Å²) in [5.74, 6) is -2.88. The third-order valence-electron chi connectivity index (χ3n) is 5.19. The fourth-order valence-electron chi connectivity index (χ4n) is 3.60. The van der Waals surface area contributed by atoms with E-state index in [0.717, 1.165) is 22.7 Å². The molecule has 2 aromatic heterocycles. The molecule has 1 unspecified atom stereocenters. The number of carbonyl (C=O) groups is 2. The summed E-state index contributed by atoms with van der Waals surface area (Å²) in [6.45, 7) is 1.72. The minimum Gasteiger partial charge on any atom is -0.474 e. The monoisotopic (exact) mass is 493 g/mol. The zero-order valence-corrected chi connectivity index (χ0v) is 18.4. The number of benzene rings is 1. The van der Waals surface area contributed by atoms with Crippen LogP contribution < -0.4 is 5.32 Å². The number of rotatable bonds is 4. The number of amides is 1. The van der Waals surface area contributed by atoms with Crippen LogP contribution in [0.15, 0.2) is 36.7 Å². The molecule has 3 heterocycles. The van der Waals surface area contributed by atoms with Gasteiger partial charge in [-0.05, 0) is 36.2 Å². The summed E-state index contributed by atoms with van der Waals surface area (Å²) in [4.78, 5) is 36.0. The fraction of sp³-hybridized carbons (Fsp3) is 0.286. The number of aliphatic carboxylic acids is 1. The van der Waals surface area contributed by atoms with Crippen molar-refractivity contribution < 1.29 is 33.0 Å². The van der Waals surface area contributed by atoms with E-state index in [1.807, 2.05) is 13.0 Å². The van der Waals surface area contributed by atoms with Crippen LogP contribution in [0.5, 0.6) is 0 Å². The minimum atomic E-state index is -4.60. The Bertz CT molecular complexity index is 1270. The normalized spacial score (nSPS) is 18.2. The van der Waals surface area contributed by atoms with E-state index in [-0.39, 0.29) is 25.5 Å². The number of nitrogens with one attached hydrogen (secondary N) is 1. The Morgan fingerprint density at radius 2 is 2.00 bits per heavy atom. The number of aryl methyl sites for hydroxylation is 1. The van der Waals surface area contributed by atoms with Gasteiger partial charge in [-0.2, -0.15) is 13.2 Å². The Balaban J connectivity index is 1.57. The number of hydrogen-bond acceptors (Lipinski definition) is 8. The first-order valence-corrected chi connectivity index (χ1v) is 10.8. The van der Waals surface area contributed by atoms with Crippen molar-refractivity contribution in [2.45, 2.75) is 25.1 Å². The van der Waals surface area contributed by atoms with Crippen LogP contribution in [0.3, 0.4) is 0 Å². The van der Waals surface area contributed by atoms with E-state index in [9.17, 15) is 27.9 Å². The Morgan fingerprint density at radius 3 is 2.71 bits per heavy atom. The first kappa shape index (κ1) is 23.6. The van der Waals surface area contributed by atoms with Gasteiger partial charge < -0.3 is 20.4 Å². The summed E-state index contributed by atoms with van der Waals surface area (Å²) in [7, 11) is 0. The number of nitrogens with zero attached hydrogens (tertiary/aromatic N) is 4. The molecule has 9 nitrogen and oxygen atoms in total. The van der Waals surface area contributed by atoms with Gasteiger partial charge >= 0.3 is 18.1 Å². The second kappa shape index (κ2) is 8.65. The van der Waals surface area contributed by atoms with Crippen LogP contribution >= 0.6 is 11.3 Å². The molecule has 1 aromatic carbocycles. The van der Waals surface area contributed by atoms with Gasteiger partial charge in [-0.1, -0.05) is 6.07 Å². The maximum absolute atomic E-state index is 12.9. The molecule has 1 aliphatic rings. The molecular weight excluding hydrogens is 475 g/mol. The van der Waals surface area contributed by atoms with Crippen LogP contribution in [-0.2, 0) is 21.4 Å². The van der Waals surface area contributed by atoms with Gasteiger partial charge in [-0.3, -0.25) is 4.79 Å². The highest BCUT2D eigenvalue weighted by atomic mass is 32.1. The van der Waals surface area contributed by atoms with Gasteiger partial charge in [0.25, 0.3) is 0 Å². The molecule has 34 heavy (non-hydrogen) atoms. The topological polar surface area (TPSA) is 129 Å². The molecule has 0 saturated carbocycles. The standard InChI is InChI=1S/C21H18F3N5O4S/c1-11-6-12(8-13(7-11)27-19-25-4-2-15(28-19)21(22,23)24)14-9-26-18(34-14)20(33)3-5-29(10-20)16(30)17(31)32/h2,4,6-9,33H,3,5,10H2,1H3,(H,31,32)(H,25,27,28). The van der Waals surface area contributed by atoms with Gasteiger partial charge in [0.1, 0.15) is 16.3 Å². The highest BCUT2D eigenvalue weighted by molar-refractivity contribution is 7.15. The first-order valence-electron chi connectivity index (χ1n) is 9.95. The molecule has 1 aliphatic heterocycles. The largest absolute Gasteiger partial charge is 0.474 e. The lowest BCUT2D eigenvalue weighted by Crippen LogP contribution is -2.38. The maximum atomic E-state index is 12.9. The number of thiazole rings is 1. The highest BCUT2D eigenvalue weighted by Crippen LogP contribution is 2.38. The lowest BCUT2D eigenvalue weighted by molar-refractivity contribution is -0.155. The van der Waals surface area contributed by atoms with Crippen LogP contribution in [0.2, 0.25) is 0 Å². The molecule has 178 valence electrons. The summed E-state index contributed by atoms with van der Waals surface area (Å²) in [6, 6.07) is 6.03. The number of halogens is 3. The van der Waals surface area contributed by atoms with Crippen LogP contribution in [0, 0.1) is 6.92 Å². The number of likely N-dealkylation sites (tertiary alicyclic amines) is 1. The van der Waals surface area contributed by atoms with Gasteiger partial charge in [0.05, 0.1) is 11.4 Å². The molecule has 0 spiro atoms. The molecule has 1 amide bonds. The average molecular weight is 493 g/mol. The van der Waals surface area contributed by atoms with Crippen molar-refractivity contribution in [1.82, 2.24) is 19.9 Å². The van der Waals surface area contributed by atoms with Crippen LogP contribution in [-0.4, -0.2) is 55.0 Å². The minimum absolute atomic E-state index is 0.0893. The average Bonchev–Trinajstić information content (AvgIpc) is 3.41. The number of carboxylic acid groups (broad SMARTS) is 1. The van der Waals surface area contributed by atoms with Crippen LogP contribution in [0.4, 0.5) is 24.8 Å². The van der Waals surface area contributed by atoms with E-state index in [0.29, 0.717) is 21.1 Å². The van der Waals surface area contributed by atoms with Gasteiger partial charge in [0.2, 0.25) is 5.95 Å². The van der Waals surface area contributed by atoms with Crippen molar-refractivity contribution in [3.63, 3.8) is 0 Å². The molecule has 1 atom stereocenters. The smallest absolute Gasteiger partial charge is 0.433 e. The second-order valence-corrected chi connectivity index (χ2v) is 8.85. The number of alkyl halides is 3. The molecule has 1 saturated heterocycles. The zero-order chi connectivity index (χ0) is 24.7. The van der Waals surface area contributed by atoms with Crippen molar-refractivity contribution >= 4 is 34.8 Å². The Morgan fingerprint density at radius 1 is 1.24 bits per heavy atom. The lowest BCUT2D eigenvalue weighted by atomic mass is 10.1. The van der Waals surface area contributed by atoms with E-state index < -0.39 is 29.3 Å². The molecule has 1 fully saturated rings. The Hall–Kier alpha value is -3.58. The van der Waals surface area contributed by atoms with Gasteiger partial charge in [-0.15, -0.1) is 11.3 Å². The van der Waals surface area contributed by atoms with Crippen LogP contribution in [0.25, 0.3) is 10.4 Å². The number of aliphatic hydroxyl groups is 1. The Kier molecular flexibility index (Phi) is 6.00. The first-order chi connectivity index (χ1) is 15.9. The van der Waals surface area contributed by atoms with Gasteiger partial charge in [0, 0.05) is 31.0 Å². The summed E-state index contributed by atoms with van der Waals surface area (Å²) < 4.78 is 38.8. The molecule has 0 bridgehead atoms. The van der Waals surface area contributed by atoms with E-state index in [1.54, 1.807) is 18.3 Å². The fourth-order valence-corrected chi connectivity index (χ4v) is 4.61. The quantitative estimate of drug-likeness (QED) is 0.473. The molecule has 13 heteroatoms. The maximum Gasteiger partial charge on any atom is 0.433 e. The number of anilines is 2. The molecular formula is C21H18F3N5O4S. The molecule has 4 rings (SSSR count). The van der Waals surface area contributed by atoms with Gasteiger partial charge in [0.15, 0.2) is 0 Å². The second-order valence-electron chi connectivity index (χ2n) is 7.82. The summed E-state index contributed by atoms with van der Waals surface area (Å²) in [5, 5.41) is 23.0. The van der Waals surface area contributed by atoms with E-state index in [4.69, 9.17) is 5.11 Å². The summed E-state index contributed by atoms with van der Waals surface area (Å²) >= 11 is 1.18. The highest BCUT2D eigenvalue weighted by Gasteiger charge is 2.43. The van der Waals surface area contributed by atoms with E-state index >= 15 is 0 Å². The van der Waals surface area contributed by atoms with Crippen molar-refractivity contribution in [3.05, 3.63) is 52.9 Å². The number of hydrogen-bond donors (Lipinski definition) is 3. The van der Waals surface area contributed by atoms with Crippen LogP contribution in [0.1, 0.15) is 22.7 Å². The predicted molar refractivity (Wildman–Crippen MR) is 115 cm³/mol. The third-order valence-corrected chi connectivity index (χ3v) is 6.43. The van der Waals surface area contributed by atoms with Crippen molar-refractivity contribution in [3.8, 4) is 10.4 Å². The molecule has 3 aromatic rings. The SMILES string of the molecule is Cc1cc(Nc2nccc(C(F)(F)F)n2)cc(-c2cnc(C3(O)CCN(C(=O)C(=O)O)C3)s2)c1. The summed E-state index contributed by atoms with van der Waals surface area (Å²) in [6.07, 6.45) is -1.89. The number of β-amino-alcohol motifs (C(OH)–C–C–N with tert-alkyl or cyclic N) is 1. The van der Waals surface area contributed by atoms with Gasteiger partial charge in [-0.25, -0.2) is 19.7 Å². The van der Waals surface area contributed by atoms with E-state index in [2.05, 4.69) is 20.3 Å². The number of aromatic nitrogens is 3. The molecule has 3 N–H and O–H groups in total. The lowest BCUT2D eigenvalue weighted by Gasteiger charge is -2.20. The summed E-state index contributed by atoms with van der Waals surface area (Å²) in [5.41, 5.74) is -0.574. The Labute approximate surface area is 194 Å². The molecule has 0 radical (unpaired) electrons. The molecule has 0 aliphatic carbocycles. The van der Waals surface area contributed by atoms with Crippen molar-refractivity contribution in [2.75, 3.05) is 18.4 Å². The number of carboxylic acids is 1. The predicted octanol–water partition coefficient (Wildman–Crippen LogP) is 3.18.